The van der Waals surface area contributed by atoms with Crippen molar-refractivity contribution in [1.82, 2.24) is 15.1 Å². The van der Waals surface area contributed by atoms with Crippen LogP contribution in [-0.4, -0.2) is 60.6 Å². The van der Waals surface area contributed by atoms with Gasteiger partial charge in [0.25, 0.3) is 0 Å². The SMILES string of the molecule is CCN1CCCC(N2CCC3CCC(C2)N3)CC1. The number of nitrogens with one attached hydrogen (secondary N) is 1. The molecule has 3 nitrogen and oxygen atoms in total. The fraction of sp³-hybridized carbons (Fsp3) is 1.00. The number of fused-ring (bicyclic) bond motifs is 2. The van der Waals surface area contributed by atoms with Crippen LogP contribution in [0.4, 0.5) is 0 Å². The quantitative estimate of drug-likeness (QED) is 0.806. The summed E-state index contributed by atoms with van der Waals surface area (Å²) in [6.07, 6.45) is 8.43. The van der Waals surface area contributed by atoms with E-state index in [4.69, 9.17) is 0 Å². The van der Waals surface area contributed by atoms with Crippen LogP contribution in [0, 0.1) is 0 Å². The van der Waals surface area contributed by atoms with Crippen molar-refractivity contribution in [1.29, 1.82) is 0 Å². The number of nitrogens with zero attached hydrogens (tertiary/aromatic N) is 2. The lowest BCUT2D eigenvalue weighted by atomic mass is 10.0. The monoisotopic (exact) mass is 251 g/mol. The van der Waals surface area contributed by atoms with E-state index >= 15 is 0 Å². The number of likely N-dealkylation sites (tertiary alicyclic amines) is 2. The molecule has 3 unspecified atom stereocenters. The highest BCUT2D eigenvalue weighted by atomic mass is 15.2. The average molecular weight is 251 g/mol. The van der Waals surface area contributed by atoms with Gasteiger partial charge in [0, 0.05) is 24.7 Å². The molecule has 3 fully saturated rings. The fourth-order valence-electron chi connectivity index (χ4n) is 4.12. The molecule has 0 amide bonds. The van der Waals surface area contributed by atoms with Crippen molar-refractivity contribution in [3.05, 3.63) is 0 Å². The third-order valence-corrected chi connectivity index (χ3v) is 5.31. The van der Waals surface area contributed by atoms with E-state index in [-0.39, 0.29) is 0 Å². The first-order valence-electron chi connectivity index (χ1n) is 8.07. The molecule has 0 saturated carbocycles. The predicted octanol–water partition coefficient (Wildman–Crippen LogP) is 1.69. The molecule has 0 aromatic carbocycles. The molecule has 3 heterocycles. The Kier molecular flexibility index (Phi) is 4.22. The van der Waals surface area contributed by atoms with Gasteiger partial charge in [-0.3, -0.25) is 4.90 Å². The van der Waals surface area contributed by atoms with E-state index in [9.17, 15) is 0 Å². The van der Waals surface area contributed by atoms with Crippen LogP contribution in [0.25, 0.3) is 0 Å². The molecule has 0 spiro atoms. The summed E-state index contributed by atoms with van der Waals surface area (Å²) in [5.41, 5.74) is 0. The molecule has 3 heteroatoms. The third-order valence-electron chi connectivity index (χ3n) is 5.31. The maximum absolute atomic E-state index is 3.81. The maximum Gasteiger partial charge on any atom is 0.0198 e. The van der Waals surface area contributed by atoms with Gasteiger partial charge in [-0.05, 0) is 64.7 Å². The minimum Gasteiger partial charge on any atom is -0.310 e. The van der Waals surface area contributed by atoms with Gasteiger partial charge in [0.05, 0.1) is 0 Å². The van der Waals surface area contributed by atoms with Crippen LogP contribution in [0.5, 0.6) is 0 Å². The first-order chi connectivity index (χ1) is 8.85. The van der Waals surface area contributed by atoms with Gasteiger partial charge >= 0.3 is 0 Å². The third kappa shape index (κ3) is 2.89. The second-order valence-corrected chi connectivity index (χ2v) is 6.44. The highest BCUT2D eigenvalue weighted by molar-refractivity contribution is 4.92. The van der Waals surface area contributed by atoms with Crippen LogP contribution in [0.3, 0.4) is 0 Å². The molecule has 18 heavy (non-hydrogen) atoms. The summed E-state index contributed by atoms with van der Waals surface area (Å²) in [6, 6.07) is 2.49. The summed E-state index contributed by atoms with van der Waals surface area (Å²) in [6.45, 7) is 8.83. The Bertz CT molecular complexity index is 268. The van der Waals surface area contributed by atoms with Crippen molar-refractivity contribution in [2.75, 3.05) is 32.7 Å². The smallest absolute Gasteiger partial charge is 0.0198 e. The van der Waals surface area contributed by atoms with Crippen molar-refractivity contribution in [2.45, 2.75) is 63.6 Å². The zero-order chi connectivity index (χ0) is 12.4. The molecule has 104 valence electrons. The van der Waals surface area contributed by atoms with Crippen molar-refractivity contribution >= 4 is 0 Å². The maximum atomic E-state index is 3.81. The van der Waals surface area contributed by atoms with E-state index in [2.05, 4.69) is 22.0 Å². The summed E-state index contributed by atoms with van der Waals surface area (Å²) in [4.78, 5) is 5.44. The largest absolute Gasteiger partial charge is 0.310 e. The fourth-order valence-corrected chi connectivity index (χ4v) is 4.12. The summed E-state index contributed by atoms with van der Waals surface area (Å²) < 4.78 is 0. The standard InChI is InChI=1S/C15H29N3/c1-2-17-9-3-4-15(8-10-17)18-11-7-13-5-6-14(12-18)16-13/h13-16H,2-12H2,1H3. The van der Waals surface area contributed by atoms with Crippen molar-refractivity contribution in [3.8, 4) is 0 Å². The Morgan fingerprint density at radius 1 is 0.944 bits per heavy atom. The number of hydrogen-bond donors (Lipinski definition) is 1. The van der Waals surface area contributed by atoms with E-state index in [0.29, 0.717) is 0 Å². The van der Waals surface area contributed by atoms with Gasteiger partial charge in [-0.2, -0.15) is 0 Å². The Balaban J connectivity index is 1.57. The molecule has 2 bridgehead atoms. The lowest BCUT2D eigenvalue weighted by Gasteiger charge is -2.32. The van der Waals surface area contributed by atoms with Crippen LogP contribution in [0.1, 0.15) is 45.4 Å². The van der Waals surface area contributed by atoms with E-state index in [1.54, 1.807) is 0 Å². The first kappa shape index (κ1) is 12.9. The molecule has 1 N–H and O–H groups in total. The van der Waals surface area contributed by atoms with Gasteiger partial charge in [0.2, 0.25) is 0 Å². The van der Waals surface area contributed by atoms with Gasteiger partial charge in [-0.15, -0.1) is 0 Å². The molecule has 0 aromatic heterocycles. The van der Waals surface area contributed by atoms with Gasteiger partial charge in [-0.25, -0.2) is 0 Å². The van der Waals surface area contributed by atoms with Crippen LogP contribution < -0.4 is 5.32 Å². The lowest BCUT2D eigenvalue weighted by molar-refractivity contribution is 0.169. The highest BCUT2D eigenvalue weighted by Gasteiger charge is 2.32. The second-order valence-electron chi connectivity index (χ2n) is 6.44. The first-order valence-corrected chi connectivity index (χ1v) is 8.07. The molecule has 3 aliphatic heterocycles. The zero-order valence-electron chi connectivity index (χ0n) is 11.9. The Morgan fingerprint density at radius 2 is 1.83 bits per heavy atom. The predicted molar refractivity (Wildman–Crippen MR) is 75.9 cm³/mol. The average Bonchev–Trinajstić information content (AvgIpc) is 2.59. The normalized spacial score (nSPS) is 39.5. The molecule has 3 aliphatic rings. The van der Waals surface area contributed by atoms with Crippen LogP contribution in [0.2, 0.25) is 0 Å². The highest BCUT2D eigenvalue weighted by Crippen LogP contribution is 2.25. The summed E-state index contributed by atoms with van der Waals surface area (Å²) in [7, 11) is 0. The van der Waals surface area contributed by atoms with Gasteiger partial charge < -0.3 is 10.2 Å². The topological polar surface area (TPSA) is 18.5 Å². The van der Waals surface area contributed by atoms with E-state index in [0.717, 1.165) is 18.1 Å². The van der Waals surface area contributed by atoms with Crippen molar-refractivity contribution in [3.63, 3.8) is 0 Å². The number of hydrogen-bond acceptors (Lipinski definition) is 3. The lowest BCUT2D eigenvalue weighted by Crippen LogP contribution is -2.42. The zero-order valence-corrected chi connectivity index (χ0v) is 11.9. The Labute approximate surface area is 112 Å². The number of rotatable bonds is 2. The molecular formula is C15H29N3. The summed E-state index contributed by atoms with van der Waals surface area (Å²) in [5, 5.41) is 3.81. The van der Waals surface area contributed by atoms with Crippen molar-refractivity contribution in [2.24, 2.45) is 0 Å². The van der Waals surface area contributed by atoms with Gasteiger partial charge in [-0.1, -0.05) is 6.92 Å². The van der Waals surface area contributed by atoms with Crippen molar-refractivity contribution < 1.29 is 0 Å². The molecular weight excluding hydrogens is 222 g/mol. The second kappa shape index (κ2) is 5.89. The van der Waals surface area contributed by atoms with Crippen LogP contribution in [0.15, 0.2) is 0 Å². The summed E-state index contributed by atoms with van der Waals surface area (Å²) >= 11 is 0. The molecule has 0 aromatic rings. The van der Waals surface area contributed by atoms with Crippen LogP contribution in [-0.2, 0) is 0 Å². The Hall–Kier alpha value is -0.120. The molecule has 0 aliphatic carbocycles. The van der Waals surface area contributed by atoms with Gasteiger partial charge in [0.15, 0.2) is 0 Å². The molecule has 0 radical (unpaired) electrons. The van der Waals surface area contributed by atoms with E-state index < -0.39 is 0 Å². The molecule has 3 rings (SSSR count). The minimum absolute atomic E-state index is 0.794. The molecule has 3 saturated heterocycles. The summed E-state index contributed by atoms with van der Waals surface area (Å²) in [5.74, 6) is 0. The van der Waals surface area contributed by atoms with Crippen LogP contribution >= 0.6 is 0 Å². The van der Waals surface area contributed by atoms with E-state index in [1.165, 1.54) is 71.2 Å². The Morgan fingerprint density at radius 3 is 2.72 bits per heavy atom. The minimum atomic E-state index is 0.794. The van der Waals surface area contributed by atoms with E-state index in [1.807, 2.05) is 0 Å². The molecule has 3 atom stereocenters. The van der Waals surface area contributed by atoms with Gasteiger partial charge in [0.1, 0.15) is 0 Å².